The second kappa shape index (κ2) is 4.04. The Hall–Kier alpha value is -1.97. The summed E-state index contributed by atoms with van der Waals surface area (Å²) < 4.78 is 5.40. The molecule has 2 rings (SSSR count). The fourth-order valence-electron chi connectivity index (χ4n) is 1.36. The largest absolute Gasteiger partial charge is 0.489 e. The minimum atomic E-state index is -0.375. The van der Waals surface area contributed by atoms with Crippen molar-refractivity contribution in [3.8, 4) is 5.75 Å². The Kier molecular flexibility index (Phi) is 2.58. The Morgan fingerprint density at radius 2 is 2.27 bits per heavy atom. The molecule has 1 heterocycles. The number of rotatable bonds is 2. The van der Waals surface area contributed by atoms with Gasteiger partial charge in [-0.15, -0.1) is 0 Å². The summed E-state index contributed by atoms with van der Waals surface area (Å²) in [5.41, 5.74) is 4.26. The van der Waals surface area contributed by atoms with Crippen molar-refractivity contribution in [3.63, 3.8) is 0 Å². The molecule has 1 aliphatic rings. The van der Waals surface area contributed by atoms with Crippen LogP contribution in [0, 0.1) is 0 Å². The van der Waals surface area contributed by atoms with Gasteiger partial charge in [0.05, 0.1) is 5.70 Å². The number of hydrogen-bond acceptors (Lipinski definition) is 4. The second-order valence-electron chi connectivity index (χ2n) is 3.12. The van der Waals surface area contributed by atoms with Crippen molar-refractivity contribution in [2.45, 2.75) is 6.92 Å². The average Bonchev–Trinajstić information content (AvgIpc) is 2.26. The molecule has 1 aromatic carbocycles. The maximum absolute atomic E-state index is 10.7. The van der Waals surface area contributed by atoms with Crippen LogP contribution in [-0.2, 0) is 9.63 Å². The third kappa shape index (κ3) is 2.10. The number of para-hydroxylation sites is 1. The van der Waals surface area contributed by atoms with E-state index in [-0.39, 0.29) is 5.97 Å². The first kappa shape index (κ1) is 9.58. The van der Waals surface area contributed by atoms with Crippen LogP contribution >= 0.6 is 0 Å². The standard InChI is InChI=1S/C11H11NO3/c1-8(13)15-12-10-6-7-14-11-5-3-2-4-9(10)11/h2-6,12H,7H2,1H3. The summed E-state index contributed by atoms with van der Waals surface area (Å²) in [6, 6.07) is 7.57. The molecule has 78 valence electrons. The van der Waals surface area contributed by atoms with Gasteiger partial charge < -0.3 is 9.57 Å². The number of nitrogens with one attached hydrogen (secondary N) is 1. The molecule has 0 spiro atoms. The van der Waals surface area contributed by atoms with E-state index in [0.29, 0.717) is 6.61 Å². The second-order valence-corrected chi connectivity index (χ2v) is 3.12. The molecule has 1 aliphatic heterocycles. The Morgan fingerprint density at radius 1 is 1.47 bits per heavy atom. The van der Waals surface area contributed by atoms with Gasteiger partial charge >= 0.3 is 5.97 Å². The highest BCUT2D eigenvalue weighted by Gasteiger charge is 2.13. The van der Waals surface area contributed by atoms with E-state index in [4.69, 9.17) is 9.57 Å². The fourth-order valence-corrected chi connectivity index (χ4v) is 1.36. The monoisotopic (exact) mass is 205 g/mol. The summed E-state index contributed by atoms with van der Waals surface area (Å²) in [4.78, 5) is 15.4. The van der Waals surface area contributed by atoms with E-state index in [1.807, 2.05) is 30.3 Å². The lowest BCUT2D eigenvalue weighted by Crippen LogP contribution is -2.19. The molecule has 0 atom stereocenters. The van der Waals surface area contributed by atoms with Crippen LogP contribution in [0.2, 0.25) is 0 Å². The van der Waals surface area contributed by atoms with E-state index < -0.39 is 0 Å². The van der Waals surface area contributed by atoms with E-state index in [2.05, 4.69) is 5.48 Å². The average molecular weight is 205 g/mol. The summed E-state index contributed by atoms with van der Waals surface area (Å²) >= 11 is 0. The SMILES string of the molecule is CC(=O)ONC1=CCOc2ccccc21. The highest BCUT2D eigenvalue weighted by molar-refractivity contribution is 5.72. The predicted octanol–water partition coefficient (Wildman–Crippen LogP) is 1.49. The van der Waals surface area contributed by atoms with Gasteiger partial charge in [-0.2, -0.15) is 0 Å². The maximum Gasteiger partial charge on any atom is 0.329 e. The molecule has 0 radical (unpaired) electrons. The first-order chi connectivity index (χ1) is 7.27. The molecule has 0 aliphatic carbocycles. The van der Waals surface area contributed by atoms with Gasteiger partial charge in [-0.1, -0.05) is 12.1 Å². The zero-order chi connectivity index (χ0) is 10.7. The van der Waals surface area contributed by atoms with E-state index in [1.54, 1.807) is 0 Å². The minimum absolute atomic E-state index is 0.375. The molecule has 15 heavy (non-hydrogen) atoms. The molecule has 0 fully saturated rings. The lowest BCUT2D eigenvalue weighted by Gasteiger charge is -2.18. The first-order valence-electron chi connectivity index (χ1n) is 4.63. The normalized spacial score (nSPS) is 13.3. The molecule has 0 saturated carbocycles. The molecule has 1 N–H and O–H groups in total. The van der Waals surface area contributed by atoms with Crippen molar-refractivity contribution in [2.75, 3.05) is 6.61 Å². The first-order valence-corrected chi connectivity index (χ1v) is 4.63. The molecular weight excluding hydrogens is 194 g/mol. The Morgan fingerprint density at radius 3 is 3.07 bits per heavy atom. The number of fused-ring (bicyclic) bond motifs is 1. The van der Waals surface area contributed by atoms with Gasteiger partial charge in [0.2, 0.25) is 0 Å². The van der Waals surface area contributed by atoms with Crippen molar-refractivity contribution in [1.29, 1.82) is 0 Å². The summed E-state index contributed by atoms with van der Waals surface area (Å²) in [5, 5.41) is 0. The van der Waals surface area contributed by atoms with E-state index in [0.717, 1.165) is 17.0 Å². The van der Waals surface area contributed by atoms with Crippen molar-refractivity contribution < 1.29 is 14.4 Å². The van der Waals surface area contributed by atoms with Crippen molar-refractivity contribution in [3.05, 3.63) is 35.9 Å². The molecule has 0 aromatic heterocycles. The highest BCUT2D eigenvalue weighted by atomic mass is 16.7. The molecule has 0 saturated heterocycles. The molecule has 0 amide bonds. The van der Waals surface area contributed by atoms with Crippen LogP contribution in [0.1, 0.15) is 12.5 Å². The van der Waals surface area contributed by atoms with E-state index in [1.165, 1.54) is 6.92 Å². The fraction of sp³-hybridized carbons (Fsp3) is 0.182. The van der Waals surface area contributed by atoms with Crippen LogP contribution in [0.25, 0.3) is 5.70 Å². The zero-order valence-corrected chi connectivity index (χ0v) is 8.32. The summed E-state index contributed by atoms with van der Waals surface area (Å²) in [5.74, 6) is 0.412. The molecule has 1 aromatic rings. The summed E-state index contributed by atoms with van der Waals surface area (Å²) in [6.07, 6.45) is 1.82. The quantitative estimate of drug-likeness (QED) is 0.743. The Balaban J connectivity index is 2.19. The van der Waals surface area contributed by atoms with Crippen molar-refractivity contribution in [1.82, 2.24) is 5.48 Å². The van der Waals surface area contributed by atoms with Crippen LogP contribution in [0.5, 0.6) is 5.75 Å². The summed E-state index contributed by atoms with van der Waals surface area (Å²) in [6.45, 7) is 1.82. The third-order valence-electron chi connectivity index (χ3n) is 2.01. The van der Waals surface area contributed by atoms with Crippen LogP contribution < -0.4 is 10.2 Å². The number of hydrogen-bond donors (Lipinski definition) is 1. The van der Waals surface area contributed by atoms with Gasteiger partial charge in [-0.05, 0) is 18.2 Å². The molecular formula is C11H11NO3. The lowest BCUT2D eigenvalue weighted by molar-refractivity contribution is -0.145. The van der Waals surface area contributed by atoms with E-state index >= 15 is 0 Å². The molecule has 4 nitrogen and oxygen atoms in total. The number of hydroxylamine groups is 1. The van der Waals surface area contributed by atoms with Gasteiger partial charge in [0.1, 0.15) is 12.4 Å². The number of carbonyl (C=O) groups is 1. The topological polar surface area (TPSA) is 47.6 Å². The predicted molar refractivity (Wildman–Crippen MR) is 54.8 cm³/mol. The molecule has 0 bridgehead atoms. The van der Waals surface area contributed by atoms with Crippen molar-refractivity contribution in [2.24, 2.45) is 0 Å². The van der Waals surface area contributed by atoms with Gasteiger partial charge in [0, 0.05) is 12.5 Å². The number of ether oxygens (including phenoxy) is 1. The Labute approximate surface area is 87.5 Å². The van der Waals surface area contributed by atoms with Gasteiger partial charge in [-0.25, -0.2) is 5.48 Å². The van der Waals surface area contributed by atoms with Crippen LogP contribution in [0.15, 0.2) is 30.3 Å². The zero-order valence-electron chi connectivity index (χ0n) is 8.32. The number of carbonyl (C=O) groups excluding carboxylic acids is 1. The van der Waals surface area contributed by atoms with Gasteiger partial charge in [0.25, 0.3) is 0 Å². The smallest absolute Gasteiger partial charge is 0.329 e. The minimum Gasteiger partial charge on any atom is -0.489 e. The molecule has 4 heteroatoms. The lowest BCUT2D eigenvalue weighted by atomic mass is 10.1. The third-order valence-corrected chi connectivity index (χ3v) is 2.01. The van der Waals surface area contributed by atoms with Gasteiger partial charge in [0.15, 0.2) is 0 Å². The van der Waals surface area contributed by atoms with Gasteiger partial charge in [-0.3, -0.25) is 4.79 Å². The van der Waals surface area contributed by atoms with E-state index in [9.17, 15) is 4.79 Å². The van der Waals surface area contributed by atoms with Crippen LogP contribution in [0.3, 0.4) is 0 Å². The summed E-state index contributed by atoms with van der Waals surface area (Å²) in [7, 11) is 0. The van der Waals surface area contributed by atoms with Crippen LogP contribution in [-0.4, -0.2) is 12.6 Å². The van der Waals surface area contributed by atoms with Crippen LogP contribution in [0.4, 0.5) is 0 Å². The highest BCUT2D eigenvalue weighted by Crippen LogP contribution is 2.27. The van der Waals surface area contributed by atoms with Crippen molar-refractivity contribution >= 4 is 11.7 Å². The Bertz CT molecular complexity index is 412. The maximum atomic E-state index is 10.7. The molecule has 0 unspecified atom stereocenters. The number of benzene rings is 1.